The Balaban J connectivity index is 2.57. The average molecular weight is 270 g/mol. The number of ether oxygens (including phenoxy) is 1. The third-order valence-electron chi connectivity index (χ3n) is 3.43. The molecule has 19 heavy (non-hydrogen) atoms. The van der Waals surface area contributed by atoms with Gasteiger partial charge in [0.1, 0.15) is 6.04 Å². The van der Waals surface area contributed by atoms with Crippen molar-refractivity contribution < 1.29 is 14.3 Å². The Morgan fingerprint density at radius 2 is 2.11 bits per heavy atom. The summed E-state index contributed by atoms with van der Waals surface area (Å²) < 4.78 is 4.75. The van der Waals surface area contributed by atoms with Gasteiger partial charge in [-0.15, -0.1) is 0 Å². The maximum atomic E-state index is 12.2. The van der Waals surface area contributed by atoms with E-state index in [0.717, 1.165) is 25.9 Å². The van der Waals surface area contributed by atoms with Crippen molar-refractivity contribution in [3.8, 4) is 0 Å². The smallest absolute Gasteiger partial charge is 0.328 e. The van der Waals surface area contributed by atoms with Crippen LogP contribution in [0.4, 0.5) is 4.79 Å². The van der Waals surface area contributed by atoms with Crippen LogP contribution in [0.25, 0.3) is 0 Å². The van der Waals surface area contributed by atoms with Crippen LogP contribution in [0.1, 0.15) is 40.0 Å². The van der Waals surface area contributed by atoms with Crippen LogP contribution in [0.3, 0.4) is 0 Å². The topological polar surface area (TPSA) is 58.6 Å². The van der Waals surface area contributed by atoms with Crippen LogP contribution >= 0.6 is 0 Å². The molecule has 1 aliphatic rings. The zero-order chi connectivity index (χ0) is 14.4. The van der Waals surface area contributed by atoms with Crippen LogP contribution in [0, 0.1) is 11.8 Å². The number of esters is 1. The highest BCUT2D eigenvalue weighted by Crippen LogP contribution is 2.16. The Labute approximate surface area is 115 Å². The van der Waals surface area contributed by atoms with E-state index in [-0.39, 0.29) is 12.0 Å². The van der Waals surface area contributed by atoms with Gasteiger partial charge in [0.25, 0.3) is 0 Å². The molecule has 0 spiro atoms. The number of piperidine rings is 1. The summed E-state index contributed by atoms with van der Waals surface area (Å²) in [5.41, 5.74) is 0. The highest BCUT2D eigenvalue weighted by molar-refractivity contribution is 5.83. The average Bonchev–Trinajstić information content (AvgIpc) is 2.36. The third kappa shape index (κ3) is 5.09. The molecule has 2 atom stereocenters. The number of urea groups is 1. The molecule has 5 nitrogen and oxygen atoms in total. The lowest BCUT2D eigenvalue weighted by Gasteiger charge is -2.32. The fraction of sp³-hybridized carbons (Fsp3) is 0.857. The van der Waals surface area contributed by atoms with Gasteiger partial charge in [-0.3, -0.25) is 0 Å². The first-order valence-corrected chi connectivity index (χ1v) is 7.07. The third-order valence-corrected chi connectivity index (χ3v) is 3.43. The summed E-state index contributed by atoms with van der Waals surface area (Å²) in [7, 11) is 1.35. The molecule has 2 unspecified atom stereocenters. The maximum absolute atomic E-state index is 12.2. The van der Waals surface area contributed by atoms with E-state index >= 15 is 0 Å². The number of methoxy groups -OCH3 is 1. The number of amides is 2. The van der Waals surface area contributed by atoms with E-state index in [1.807, 2.05) is 13.8 Å². The van der Waals surface area contributed by atoms with Gasteiger partial charge in [0.05, 0.1) is 7.11 Å². The van der Waals surface area contributed by atoms with Gasteiger partial charge < -0.3 is 15.0 Å². The Bertz CT molecular complexity index is 318. The van der Waals surface area contributed by atoms with Gasteiger partial charge in [-0.1, -0.05) is 20.8 Å². The monoisotopic (exact) mass is 270 g/mol. The number of likely N-dealkylation sites (tertiary alicyclic amines) is 1. The van der Waals surface area contributed by atoms with Gasteiger partial charge in [-0.2, -0.15) is 0 Å². The van der Waals surface area contributed by atoms with Crippen LogP contribution in [0.2, 0.25) is 0 Å². The molecule has 1 fully saturated rings. The second-order valence-corrected chi connectivity index (χ2v) is 5.85. The van der Waals surface area contributed by atoms with E-state index in [9.17, 15) is 9.59 Å². The lowest BCUT2D eigenvalue weighted by Crippen LogP contribution is -2.51. The van der Waals surface area contributed by atoms with Crippen molar-refractivity contribution in [1.82, 2.24) is 10.2 Å². The first-order chi connectivity index (χ1) is 8.93. The van der Waals surface area contributed by atoms with E-state index in [1.54, 1.807) is 4.90 Å². The maximum Gasteiger partial charge on any atom is 0.328 e. The summed E-state index contributed by atoms with van der Waals surface area (Å²) in [5.74, 6) is 0.484. The quantitative estimate of drug-likeness (QED) is 0.795. The molecule has 0 bridgehead atoms. The fourth-order valence-corrected chi connectivity index (χ4v) is 2.44. The standard InChI is InChI=1S/C14H26N2O3/c1-10(2)8-12(13(17)19-4)15-14(18)16-7-5-6-11(3)9-16/h10-12H,5-9H2,1-4H3,(H,15,18). The normalized spacial score (nSPS) is 21.1. The highest BCUT2D eigenvalue weighted by Gasteiger charge is 2.27. The van der Waals surface area contributed by atoms with Crippen molar-refractivity contribution in [3.63, 3.8) is 0 Å². The van der Waals surface area contributed by atoms with Crippen molar-refractivity contribution in [3.05, 3.63) is 0 Å². The molecule has 0 aromatic rings. The van der Waals surface area contributed by atoms with Crippen molar-refractivity contribution in [2.24, 2.45) is 11.8 Å². The van der Waals surface area contributed by atoms with Gasteiger partial charge in [0.2, 0.25) is 0 Å². The van der Waals surface area contributed by atoms with Crippen molar-refractivity contribution in [2.75, 3.05) is 20.2 Å². The van der Waals surface area contributed by atoms with Crippen molar-refractivity contribution >= 4 is 12.0 Å². The Morgan fingerprint density at radius 3 is 2.63 bits per heavy atom. The number of rotatable bonds is 4. The summed E-state index contributed by atoms with van der Waals surface area (Å²) >= 11 is 0. The molecule has 2 amide bonds. The summed E-state index contributed by atoms with van der Waals surface area (Å²) in [4.78, 5) is 25.6. The molecule has 0 aliphatic carbocycles. The summed E-state index contributed by atoms with van der Waals surface area (Å²) in [6.45, 7) is 7.72. The molecule has 0 aromatic carbocycles. The predicted octanol–water partition coefficient (Wildman–Crippen LogP) is 2.02. The summed E-state index contributed by atoms with van der Waals surface area (Å²) in [6.07, 6.45) is 2.79. The number of nitrogens with one attached hydrogen (secondary N) is 1. The number of nitrogens with zero attached hydrogens (tertiary/aromatic N) is 1. The number of carbonyl (C=O) groups excluding carboxylic acids is 2. The van der Waals surface area contributed by atoms with Crippen LogP contribution in [-0.2, 0) is 9.53 Å². The molecule has 0 radical (unpaired) electrons. The van der Waals surface area contributed by atoms with Crippen LogP contribution in [0.5, 0.6) is 0 Å². The summed E-state index contributed by atoms with van der Waals surface area (Å²) in [5, 5.41) is 2.80. The second kappa shape index (κ2) is 7.36. The van der Waals surface area contributed by atoms with Crippen LogP contribution in [0.15, 0.2) is 0 Å². The molecule has 0 aromatic heterocycles. The molecular formula is C14H26N2O3. The molecule has 1 rings (SSSR count). The fourth-order valence-electron chi connectivity index (χ4n) is 2.44. The lowest BCUT2D eigenvalue weighted by atomic mass is 10.0. The molecule has 0 saturated carbocycles. The van der Waals surface area contributed by atoms with E-state index < -0.39 is 6.04 Å². The molecule has 1 aliphatic heterocycles. The van der Waals surface area contributed by atoms with Crippen LogP contribution < -0.4 is 5.32 Å². The molecule has 1 N–H and O–H groups in total. The molecule has 5 heteroatoms. The minimum Gasteiger partial charge on any atom is -0.467 e. The molecule has 1 saturated heterocycles. The minimum atomic E-state index is -0.547. The van der Waals surface area contributed by atoms with Crippen molar-refractivity contribution in [1.29, 1.82) is 0 Å². The van der Waals surface area contributed by atoms with Gasteiger partial charge in [-0.25, -0.2) is 9.59 Å². The molecular weight excluding hydrogens is 244 g/mol. The van der Waals surface area contributed by atoms with E-state index in [2.05, 4.69) is 12.2 Å². The summed E-state index contributed by atoms with van der Waals surface area (Å²) in [6, 6.07) is -0.697. The Hall–Kier alpha value is -1.26. The van der Waals surface area contributed by atoms with Gasteiger partial charge in [0, 0.05) is 13.1 Å². The molecule has 110 valence electrons. The van der Waals surface area contributed by atoms with Gasteiger partial charge >= 0.3 is 12.0 Å². The van der Waals surface area contributed by atoms with Gasteiger partial charge in [0.15, 0.2) is 0 Å². The number of hydrogen-bond acceptors (Lipinski definition) is 3. The lowest BCUT2D eigenvalue weighted by molar-refractivity contribution is -0.143. The van der Waals surface area contributed by atoms with Gasteiger partial charge in [-0.05, 0) is 31.1 Å². The first kappa shape index (κ1) is 15.8. The highest BCUT2D eigenvalue weighted by atomic mass is 16.5. The number of carbonyl (C=O) groups is 2. The van der Waals surface area contributed by atoms with E-state index in [0.29, 0.717) is 18.3 Å². The van der Waals surface area contributed by atoms with E-state index in [4.69, 9.17) is 4.74 Å². The SMILES string of the molecule is COC(=O)C(CC(C)C)NC(=O)N1CCCC(C)C1. The van der Waals surface area contributed by atoms with Crippen LogP contribution in [-0.4, -0.2) is 43.1 Å². The van der Waals surface area contributed by atoms with E-state index in [1.165, 1.54) is 7.11 Å². The Morgan fingerprint density at radius 1 is 1.42 bits per heavy atom. The predicted molar refractivity (Wildman–Crippen MR) is 73.8 cm³/mol. The Kier molecular flexibility index (Phi) is 6.12. The second-order valence-electron chi connectivity index (χ2n) is 5.85. The largest absolute Gasteiger partial charge is 0.467 e. The zero-order valence-corrected chi connectivity index (χ0v) is 12.4. The zero-order valence-electron chi connectivity index (χ0n) is 12.4. The minimum absolute atomic E-state index is 0.150. The first-order valence-electron chi connectivity index (χ1n) is 7.07. The molecule has 1 heterocycles. The number of hydrogen-bond donors (Lipinski definition) is 1. The van der Waals surface area contributed by atoms with Crippen molar-refractivity contribution in [2.45, 2.75) is 46.1 Å².